The molecule has 0 unspecified atom stereocenters. The van der Waals surface area contributed by atoms with Crippen molar-refractivity contribution in [1.29, 1.82) is 0 Å². The number of hydrogen-bond acceptors (Lipinski definition) is 5. The number of aliphatic hydroxyl groups is 1. The van der Waals surface area contributed by atoms with Crippen LogP contribution in [0, 0.1) is 0 Å². The first-order valence-electron chi connectivity index (χ1n) is 9.31. The third-order valence-corrected chi connectivity index (χ3v) is 5.15. The number of benzene rings is 2. The normalized spacial score (nSPS) is 23.0. The van der Waals surface area contributed by atoms with E-state index in [4.69, 9.17) is 9.47 Å². The summed E-state index contributed by atoms with van der Waals surface area (Å²) in [4.78, 5) is 25.4. The SMILES string of the molecule is O=C(OCc1ccccc1)N1[C@H]2C[C@H]([C@@H](O)C2)N1C(=O)OCc1ccccc1. The Hall–Kier alpha value is -3.06. The lowest BCUT2D eigenvalue weighted by Gasteiger charge is -2.38. The zero-order chi connectivity index (χ0) is 19.5. The Balaban J connectivity index is 1.42. The summed E-state index contributed by atoms with van der Waals surface area (Å²) in [6.07, 6.45) is -1.01. The molecule has 1 saturated carbocycles. The van der Waals surface area contributed by atoms with Crippen LogP contribution in [0.5, 0.6) is 0 Å². The topological polar surface area (TPSA) is 79.3 Å². The van der Waals surface area contributed by atoms with Gasteiger partial charge >= 0.3 is 12.2 Å². The molecule has 28 heavy (non-hydrogen) atoms. The monoisotopic (exact) mass is 382 g/mol. The van der Waals surface area contributed by atoms with Gasteiger partial charge in [0, 0.05) is 0 Å². The third kappa shape index (κ3) is 3.66. The zero-order valence-corrected chi connectivity index (χ0v) is 15.3. The molecule has 2 aromatic rings. The maximum Gasteiger partial charge on any atom is 0.429 e. The summed E-state index contributed by atoms with van der Waals surface area (Å²) < 4.78 is 10.8. The van der Waals surface area contributed by atoms with Crippen LogP contribution in [0.2, 0.25) is 0 Å². The zero-order valence-electron chi connectivity index (χ0n) is 15.3. The van der Waals surface area contributed by atoms with Gasteiger partial charge in [0.1, 0.15) is 13.2 Å². The molecule has 1 saturated heterocycles. The first-order chi connectivity index (χ1) is 13.6. The van der Waals surface area contributed by atoms with E-state index in [1.165, 1.54) is 10.0 Å². The fraction of sp³-hybridized carbons (Fsp3) is 0.333. The van der Waals surface area contributed by atoms with E-state index in [1.807, 2.05) is 60.7 Å². The van der Waals surface area contributed by atoms with Gasteiger partial charge in [-0.25, -0.2) is 19.6 Å². The van der Waals surface area contributed by atoms with E-state index in [2.05, 4.69) is 0 Å². The van der Waals surface area contributed by atoms with Gasteiger partial charge in [-0.3, -0.25) is 0 Å². The van der Waals surface area contributed by atoms with Gasteiger partial charge in [-0.15, -0.1) is 0 Å². The molecule has 2 aliphatic rings. The second kappa shape index (κ2) is 7.90. The third-order valence-electron chi connectivity index (χ3n) is 5.15. The molecule has 1 heterocycles. The fourth-order valence-electron chi connectivity index (χ4n) is 3.80. The van der Waals surface area contributed by atoms with Gasteiger partial charge in [0.25, 0.3) is 0 Å². The summed E-state index contributed by atoms with van der Waals surface area (Å²) in [5.74, 6) is 0. The quantitative estimate of drug-likeness (QED) is 0.879. The van der Waals surface area contributed by atoms with Crippen molar-refractivity contribution in [3.8, 4) is 0 Å². The molecule has 1 N–H and O–H groups in total. The lowest BCUT2D eigenvalue weighted by Crippen LogP contribution is -2.57. The van der Waals surface area contributed by atoms with Gasteiger partial charge in [0.15, 0.2) is 0 Å². The molecular formula is C21H22N2O5. The Bertz CT molecular complexity index is 829. The molecule has 2 aromatic carbocycles. The van der Waals surface area contributed by atoms with E-state index in [1.54, 1.807) is 0 Å². The van der Waals surface area contributed by atoms with Crippen LogP contribution in [0.25, 0.3) is 0 Å². The highest BCUT2D eigenvalue weighted by molar-refractivity contribution is 5.76. The number of carbonyl (C=O) groups excluding carboxylic acids is 2. The maximum absolute atomic E-state index is 12.7. The van der Waals surface area contributed by atoms with Crippen LogP contribution in [0.15, 0.2) is 60.7 Å². The highest BCUT2D eigenvalue weighted by Gasteiger charge is 2.55. The number of hydrazine groups is 1. The number of rotatable bonds is 4. The smallest absolute Gasteiger partial charge is 0.429 e. The van der Waals surface area contributed by atoms with Crippen molar-refractivity contribution >= 4 is 12.2 Å². The Kier molecular flexibility index (Phi) is 5.16. The second-order valence-electron chi connectivity index (χ2n) is 7.03. The van der Waals surface area contributed by atoms with Gasteiger partial charge in [-0.1, -0.05) is 60.7 Å². The van der Waals surface area contributed by atoms with Crippen LogP contribution < -0.4 is 0 Å². The van der Waals surface area contributed by atoms with Crippen molar-refractivity contribution in [3.05, 3.63) is 71.8 Å². The minimum atomic E-state index is -0.674. The molecule has 2 bridgehead atoms. The van der Waals surface area contributed by atoms with Crippen LogP contribution in [-0.2, 0) is 22.7 Å². The Morgan fingerprint density at radius 3 is 1.86 bits per heavy atom. The largest absolute Gasteiger partial charge is 0.443 e. The molecule has 3 atom stereocenters. The predicted octanol–water partition coefficient (Wildman–Crippen LogP) is 3.08. The van der Waals surface area contributed by atoms with E-state index in [9.17, 15) is 14.7 Å². The van der Waals surface area contributed by atoms with Crippen LogP contribution in [0.3, 0.4) is 0 Å². The Morgan fingerprint density at radius 2 is 1.32 bits per heavy atom. The molecule has 0 aromatic heterocycles. The molecule has 2 fully saturated rings. The summed E-state index contributed by atoms with van der Waals surface area (Å²) in [6, 6.07) is 17.9. The van der Waals surface area contributed by atoms with Gasteiger partial charge in [-0.2, -0.15) is 0 Å². The minimum Gasteiger partial charge on any atom is -0.443 e. The van der Waals surface area contributed by atoms with Crippen molar-refractivity contribution in [1.82, 2.24) is 10.0 Å². The number of aliphatic hydroxyl groups excluding tert-OH is 1. The van der Waals surface area contributed by atoms with Crippen LogP contribution in [0.4, 0.5) is 9.59 Å². The molecule has 1 aliphatic carbocycles. The first kappa shape index (κ1) is 18.3. The van der Waals surface area contributed by atoms with Crippen LogP contribution in [0.1, 0.15) is 24.0 Å². The maximum atomic E-state index is 12.7. The van der Waals surface area contributed by atoms with Gasteiger partial charge in [0.05, 0.1) is 18.2 Å². The van der Waals surface area contributed by atoms with Gasteiger partial charge in [0.2, 0.25) is 0 Å². The second-order valence-corrected chi connectivity index (χ2v) is 7.03. The number of amides is 2. The molecule has 7 heteroatoms. The van der Waals surface area contributed by atoms with E-state index < -0.39 is 24.3 Å². The summed E-state index contributed by atoms with van der Waals surface area (Å²) in [5.41, 5.74) is 1.71. The number of fused-ring (bicyclic) bond motifs is 2. The van der Waals surface area contributed by atoms with E-state index in [-0.39, 0.29) is 19.3 Å². The van der Waals surface area contributed by atoms with E-state index in [0.29, 0.717) is 12.8 Å². The lowest BCUT2D eigenvalue weighted by molar-refractivity contribution is -0.0767. The molecule has 1 aliphatic heterocycles. The standard InChI is InChI=1S/C21H22N2O5/c24-19-12-17-11-18(19)23(21(26)28-14-16-9-5-2-6-10-16)22(17)20(25)27-13-15-7-3-1-4-8-15/h1-10,17-19,24H,11-14H2/t17-,18+,19-/m0/s1. The lowest BCUT2D eigenvalue weighted by atomic mass is 10.2. The Morgan fingerprint density at radius 1 is 0.821 bits per heavy atom. The summed E-state index contributed by atoms with van der Waals surface area (Å²) in [7, 11) is 0. The summed E-state index contributed by atoms with van der Waals surface area (Å²) >= 11 is 0. The molecular weight excluding hydrogens is 360 g/mol. The first-order valence-corrected chi connectivity index (χ1v) is 9.31. The molecule has 0 radical (unpaired) electrons. The van der Waals surface area contributed by atoms with Crippen molar-refractivity contribution in [2.45, 2.75) is 44.2 Å². The van der Waals surface area contributed by atoms with Crippen molar-refractivity contribution in [2.24, 2.45) is 0 Å². The van der Waals surface area contributed by atoms with Gasteiger partial charge in [-0.05, 0) is 24.0 Å². The van der Waals surface area contributed by atoms with E-state index in [0.717, 1.165) is 11.1 Å². The summed E-state index contributed by atoms with van der Waals surface area (Å²) in [6.45, 7) is 0.208. The number of nitrogens with zero attached hydrogens (tertiary/aromatic N) is 2. The highest BCUT2D eigenvalue weighted by Crippen LogP contribution is 2.39. The van der Waals surface area contributed by atoms with Crippen molar-refractivity contribution in [3.63, 3.8) is 0 Å². The fourth-order valence-corrected chi connectivity index (χ4v) is 3.80. The molecule has 2 amide bonds. The average Bonchev–Trinajstić information content (AvgIpc) is 3.29. The van der Waals surface area contributed by atoms with E-state index >= 15 is 0 Å². The average molecular weight is 382 g/mol. The predicted molar refractivity (Wildman–Crippen MR) is 99.7 cm³/mol. The Labute approximate surface area is 163 Å². The van der Waals surface area contributed by atoms with Crippen LogP contribution in [-0.4, -0.2) is 45.5 Å². The molecule has 0 spiro atoms. The molecule has 4 rings (SSSR count). The highest BCUT2D eigenvalue weighted by atomic mass is 16.6. The minimum absolute atomic E-state index is 0.0938. The van der Waals surface area contributed by atoms with Crippen molar-refractivity contribution in [2.75, 3.05) is 0 Å². The molecule has 7 nitrogen and oxygen atoms in total. The van der Waals surface area contributed by atoms with Gasteiger partial charge < -0.3 is 14.6 Å². The number of carbonyl (C=O) groups is 2. The summed E-state index contributed by atoms with van der Waals surface area (Å²) in [5, 5.41) is 12.7. The number of ether oxygens (including phenoxy) is 2. The van der Waals surface area contributed by atoms with Crippen molar-refractivity contribution < 1.29 is 24.2 Å². The number of hydrogen-bond donors (Lipinski definition) is 1. The van der Waals surface area contributed by atoms with Crippen LogP contribution >= 0.6 is 0 Å². The molecule has 146 valence electrons.